The summed E-state index contributed by atoms with van der Waals surface area (Å²) in [6.45, 7) is 6.42. The Morgan fingerprint density at radius 3 is 2.50 bits per heavy atom. The maximum absolute atomic E-state index is 13.6. The van der Waals surface area contributed by atoms with Crippen LogP contribution in [0.1, 0.15) is 62.8 Å². The lowest BCUT2D eigenvalue weighted by molar-refractivity contribution is -0.134. The first-order chi connectivity index (χ1) is 15.3. The molecule has 2 aromatic rings. The summed E-state index contributed by atoms with van der Waals surface area (Å²) in [7, 11) is 0. The Morgan fingerprint density at radius 2 is 1.84 bits per heavy atom. The summed E-state index contributed by atoms with van der Waals surface area (Å²) in [5.41, 5.74) is 2.96. The summed E-state index contributed by atoms with van der Waals surface area (Å²) in [5.74, 6) is 0.501. The quantitative estimate of drug-likeness (QED) is 0.698. The van der Waals surface area contributed by atoms with Gasteiger partial charge in [-0.05, 0) is 73.1 Å². The Morgan fingerprint density at radius 1 is 1.12 bits per heavy atom. The van der Waals surface area contributed by atoms with Crippen molar-refractivity contribution in [3.8, 4) is 5.75 Å². The van der Waals surface area contributed by atoms with Crippen LogP contribution in [0.4, 0.5) is 4.39 Å². The fourth-order valence-electron chi connectivity index (χ4n) is 4.21. The molecular weight excluding hydrogens is 407 g/mol. The Hall–Kier alpha value is -2.89. The fourth-order valence-corrected chi connectivity index (χ4v) is 4.21. The second kappa shape index (κ2) is 9.31. The normalized spacial score (nSPS) is 18.8. The van der Waals surface area contributed by atoms with Crippen LogP contribution in [0.5, 0.6) is 5.75 Å². The zero-order valence-electron chi connectivity index (χ0n) is 18.9. The molecule has 0 bridgehead atoms. The van der Waals surface area contributed by atoms with Gasteiger partial charge >= 0.3 is 0 Å². The molecule has 32 heavy (non-hydrogen) atoms. The molecule has 1 aliphatic heterocycles. The number of fused-ring (bicyclic) bond motifs is 1. The molecule has 5 nitrogen and oxygen atoms in total. The number of nitrogens with one attached hydrogen (secondary N) is 1. The van der Waals surface area contributed by atoms with Gasteiger partial charge in [0.25, 0.3) is 5.91 Å². The molecule has 170 valence electrons. The third-order valence-corrected chi connectivity index (χ3v) is 6.04. The van der Waals surface area contributed by atoms with Gasteiger partial charge in [0.1, 0.15) is 11.6 Å². The molecular formula is C26H31FN2O3. The van der Waals surface area contributed by atoms with Crippen LogP contribution >= 0.6 is 0 Å². The molecule has 6 heteroatoms. The van der Waals surface area contributed by atoms with Crippen molar-refractivity contribution in [1.29, 1.82) is 0 Å². The number of amides is 2. The fraction of sp³-hybridized carbons (Fsp3) is 0.462. The van der Waals surface area contributed by atoms with E-state index in [2.05, 4.69) is 5.32 Å². The smallest absolute Gasteiger partial charge is 0.260 e. The number of carbonyl (C=O) groups is 2. The van der Waals surface area contributed by atoms with Crippen LogP contribution in [0.3, 0.4) is 0 Å². The summed E-state index contributed by atoms with van der Waals surface area (Å²) in [5, 5.41) is 2.96. The van der Waals surface area contributed by atoms with Crippen molar-refractivity contribution < 1.29 is 18.7 Å². The minimum atomic E-state index is -0.611. The summed E-state index contributed by atoms with van der Waals surface area (Å²) in [6.07, 6.45) is 2.64. The van der Waals surface area contributed by atoms with E-state index in [-0.39, 0.29) is 35.6 Å². The van der Waals surface area contributed by atoms with Crippen molar-refractivity contribution >= 4 is 11.8 Å². The van der Waals surface area contributed by atoms with Gasteiger partial charge in [-0.25, -0.2) is 4.39 Å². The van der Waals surface area contributed by atoms with Crippen LogP contribution in [0, 0.1) is 11.7 Å². The number of carbonyl (C=O) groups excluding carboxylic acids is 2. The highest BCUT2D eigenvalue weighted by Gasteiger charge is 2.33. The Kier molecular flexibility index (Phi) is 6.49. The van der Waals surface area contributed by atoms with E-state index in [0.29, 0.717) is 18.7 Å². The molecule has 1 N–H and O–H groups in total. The third-order valence-electron chi connectivity index (χ3n) is 6.04. The SMILES string of the molecule is CC(C)CC(=O)N1CCc2ccc(O[C@H](C)C(=O)NC3CC3)cc2[C@H]1c1ccc(F)cc1. The van der Waals surface area contributed by atoms with E-state index in [1.165, 1.54) is 12.1 Å². The lowest BCUT2D eigenvalue weighted by Crippen LogP contribution is -2.41. The molecule has 0 aromatic heterocycles. The lowest BCUT2D eigenvalue weighted by Gasteiger charge is -2.38. The predicted octanol–water partition coefficient (Wildman–Crippen LogP) is 4.39. The van der Waals surface area contributed by atoms with Crippen LogP contribution in [0.25, 0.3) is 0 Å². The van der Waals surface area contributed by atoms with Gasteiger partial charge in [-0.15, -0.1) is 0 Å². The van der Waals surface area contributed by atoms with E-state index in [9.17, 15) is 14.0 Å². The van der Waals surface area contributed by atoms with Crippen molar-refractivity contribution in [3.05, 3.63) is 65.0 Å². The van der Waals surface area contributed by atoms with Gasteiger partial charge in [0.05, 0.1) is 6.04 Å². The van der Waals surface area contributed by atoms with E-state index in [1.807, 2.05) is 36.9 Å². The molecule has 1 saturated carbocycles. The number of hydrogen-bond donors (Lipinski definition) is 1. The Bertz CT molecular complexity index is 985. The number of benzene rings is 2. The molecule has 1 heterocycles. The largest absolute Gasteiger partial charge is 0.481 e. The van der Waals surface area contributed by atoms with E-state index in [4.69, 9.17) is 4.74 Å². The highest BCUT2D eigenvalue weighted by atomic mass is 19.1. The summed E-state index contributed by atoms with van der Waals surface area (Å²) in [6, 6.07) is 12.1. The summed E-state index contributed by atoms with van der Waals surface area (Å²) < 4.78 is 19.6. The minimum absolute atomic E-state index is 0.0866. The van der Waals surface area contributed by atoms with Gasteiger partial charge in [-0.1, -0.05) is 32.0 Å². The molecule has 2 atom stereocenters. The van der Waals surface area contributed by atoms with E-state index < -0.39 is 6.10 Å². The topological polar surface area (TPSA) is 58.6 Å². The first kappa shape index (κ1) is 22.3. The van der Waals surface area contributed by atoms with E-state index in [1.54, 1.807) is 19.1 Å². The van der Waals surface area contributed by atoms with Crippen LogP contribution in [-0.2, 0) is 16.0 Å². The number of nitrogens with zero attached hydrogens (tertiary/aromatic N) is 1. The number of rotatable bonds is 7. The van der Waals surface area contributed by atoms with Gasteiger partial charge in [-0.2, -0.15) is 0 Å². The second-order valence-electron chi connectivity index (χ2n) is 9.29. The van der Waals surface area contributed by atoms with Crippen molar-refractivity contribution in [2.75, 3.05) is 6.54 Å². The van der Waals surface area contributed by atoms with Crippen LogP contribution in [0.15, 0.2) is 42.5 Å². The van der Waals surface area contributed by atoms with Gasteiger partial charge < -0.3 is 15.0 Å². The minimum Gasteiger partial charge on any atom is -0.481 e. The monoisotopic (exact) mass is 438 g/mol. The molecule has 0 unspecified atom stereocenters. The van der Waals surface area contributed by atoms with Gasteiger partial charge in [0.15, 0.2) is 6.10 Å². The third kappa shape index (κ3) is 5.12. The number of halogens is 1. The van der Waals surface area contributed by atoms with Crippen LogP contribution < -0.4 is 10.1 Å². The lowest BCUT2D eigenvalue weighted by atomic mass is 9.87. The second-order valence-corrected chi connectivity index (χ2v) is 9.29. The maximum Gasteiger partial charge on any atom is 0.260 e. The summed E-state index contributed by atoms with van der Waals surface area (Å²) >= 11 is 0. The first-order valence-corrected chi connectivity index (χ1v) is 11.5. The van der Waals surface area contributed by atoms with Crippen LogP contribution in [0.2, 0.25) is 0 Å². The predicted molar refractivity (Wildman–Crippen MR) is 121 cm³/mol. The highest BCUT2D eigenvalue weighted by Crippen LogP contribution is 2.38. The molecule has 0 spiro atoms. The summed E-state index contributed by atoms with van der Waals surface area (Å²) in [4.78, 5) is 27.3. The molecule has 4 rings (SSSR count). The standard InChI is InChI=1S/C26H31FN2O3/c1-16(2)14-24(30)29-13-12-18-6-11-22(32-17(3)26(31)28-21-9-10-21)15-23(18)25(29)19-4-7-20(27)8-5-19/h4-8,11,15-17,21,25H,9-10,12-14H2,1-3H3,(H,28,31)/t17-,25-/m1/s1. The van der Waals surface area contributed by atoms with Gasteiger partial charge in [-0.3, -0.25) is 9.59 Å². The zero-order valence-corrected chi connectivity index (χ0v) is 18.9. The highest BCUT2D eigenvalue weighted by molar-refractivity contribution is 5.81. The van der Waals surface area contributed by atoms with E-state index >= 15 is 0 Å². The molecule has 2 aliphatic rings. The first-order valence-electron chi connectivity index (χ1n) is 11.5. The van der Waals surface area contributed by atoms with Crippen LogP contribution in [-0.4, -0.2) is 35.4 Å². The van der Waals surface area contributed by atoms with Gasteiger partial charge in [0, 0.05) is 19.0 Å². The average molecular weight is 439 g/mol. The average Bonchev–Trinajstić information content (AvgIpc) is 3.57. The van der Waals surface area contributed by atoms with Crippen molar-refractivity contribution in [2.24, 2.45) is 5.92 Å². The number of hydrogen-bond acceptors (Lipinski definition) is 3. The van der Waals surface area contributed by atoms with Gasteiger partial charge in [0.2, 0.25) is 5.91 Å². The van der Waals surface area contributed by atoms with E-state index in [0.717, 1.165) is 36.0 Å². The Balaban J connectivity index is 1.64. The van der Waals surface area contributed by atoms with Crippen molar-refractivity contribution in [2.45, 2.75) is 64.6 Å². The Labute approximate surface area is 188 Å². The van der Waals surface area contributed by atoms with Crippen molar-refractivity contribution in [3.63, 3.8) is 0 Å². The zero-order chi connectivity index (χ0) is 22.8. The molecule has 0 saturated heterocycles. The molecule has 1 aliphatic carbocycles. The number of ether oxygens (including phenoxy) is 1. The maximum atomic E-state index is 13.6. The molecule has 0 radical (unpaired) electrons. The molecule has 1 fully saturated rings. The molecule has 2 amide bonds. The molecule has 2 aromatic carbocycles. The van der Waals surface area contributed by atoms with Crippen molar-refractivity contribution in [1.82, 2.24) is 10.2 Å².